The van der Waals surface area contributed by atoms with E-state index in [1.807, 2.05) is 0 Å². The van der Waals surface area contributed by atoms with Gasteiger partial charge >= 0.3 is 0 Å². The molecule has 2 aliphatic carbocycles. The van der Waals surface area contributed by atoms with Crippen LogP contribution in [0.25, 0.3) is 0 Å². The Kier molecular flexibility index (Phi) is 4.46. The number of nitrogens with zero attached hydrogens (tertiary/aromatic N) is 2. The zero-order chi connectivity index (χ0) is 14.9. The highest BCUT2D eigenvalue weighted by Gasteiger charge is 2.47. The molecule has 2 saturated carbocycles. The Balaban J connectivity index is 1.72. The van der Waals surface area contributed by atoms with Gasteiger partial charge in [-0.3, -0.25) is 4.99 Å². The molecule has 0 saturated heterocycles. The molecule has 1 spiro atoms. The van der Waals surface area contributed by atoms with Crippen LogP contribution in [-0.4, -0.2) is 29.0 Å². The highest BCUT2D eigenvalue weighted by atomic mass is 15.4. The summed E-state index contributed by atoms with van der Waals surface area (Å²) in [6.45, 7) is 5.72. The van der Waals surface area contributed by atoms with Gasteiger partial charge in [-0.15, -0.1) is 0 Å². The maximum absolute atomic E-state index is 6.34. The lowest BCUT2D eigenvalue weighted by atomic mass is 9.72. The van der Waals surface area contributed by atoms with Crippen LogP contribution in [0.3, 0.4) is 0 Å². The smallest absolute Gasteiger partial charge is 0.192 e. The van der Waals surface area contributed by atoms with Crippen molar-refractivity contribution in [1.82, 2.24) is 4.90 Å². The molecule has 120 valence electrons. The molecule has 21 heavy (non-hydrogen) atoms. The van der Waals surface area contributed by atoms with E-state index >= 15 is 0 Å². The monoisotopic (exact) mass is 291 g/mol. The van der Waals surface area contributed by atoms with Gasteiger partial charge in [0, 0.05) is 6.04 Å². The number of rotatable bonds is 2. The zero-order valence-corrected chi connectivity index (χ0v) is 14.0. The van der Waals surface area contributed by atoms with Crippen molar-refractivity contribution in [2.75, 3.05) is 6.54 Å². The standard InChI is InChI=1S/C18H33N3/c1-14(2)15-9-11-18(12-10-15)13-20-17(19)21(18)16-7-5-3-4-6-8-16/h14-16H,3-13H2,1-2H3,(H2,19,20). The van der Waals surface area contributed by atoms with Crippen LogP contribution >= 0.6 is 0 Å². The summed E-state index contributed by atoms with van der Waals surface area (Å²) in [5, 5.41) is 0. The molecule has 0 amide bonds. The highest BCUT2D eigenvalue weighted by molar-refractivity contribution is 5.81. The molecule has 3 nitrogen and oxygen atoms in total. The molecule has 3 heteroatoms. The van der Waals surface area contributed by atoms with Crippen molar-refractivity contribution in [3.63, 3.8) is 0 Å². The summed E-state index contributed by atoms with van der Waals surface area (Å²) in [4.78, 5) is 7.28. The highest BCUT2D eigenvalue weighted by Crippen LogP contribution is 2.43. The second-order valence-corrected chi connectivity index (χ2v) is 8.00. The van der Waals surface area contributed by atoms with Gasteiger partial charge in [-0.1, -0.05) is 39.5 Å². The lowest BCUT2D eigenvalue weighted by Gasteiger charge is -2.48. The largest absolute Gasteiger partial charge is 0.370 e. The summed E-state index contributed by atoms with van der Waals surface area (Å²) in [5.74, 6) is 2.59. The third kappa shape index (κ3) is 2.93. The second kappa shape index (κ2) is 6.18. The molecule has 0 aromatic rings. The minimum Gasteiger partial charge on any atom is -0.370 e. The maximum atomic E-state index is 6.34. The predicted molar refractivity (Wildman–Crippen MR) is 89.3 cm³/mol. The van der Waals surface area contributed by atoms with E-state index < -0.39 is 0 Å². The maximum Gasteiger partial charge on any atom is 0.192 e. The summed E-state index contributed by atoms with van der Waals surface area (Å²) < 4.78 is 0. The lowest BCUT2D eigenvalue weighted by Crippen LogP contribution is -2.57. The summed E-state index contributed by atoms with van der Waals surface area (Å²) in [6.07, 6.45) is 13.5. The second-order valence-electron chi connectivity index (χ2n) is 8.00. The van der Waals surface area contributed by atoms with E-state index in [1.165, 1.54) is 64.2 Å². The lowest BCUT2D eigenvalue weighted by molar-refractivity contribution is 0.0676. The number of hydrogen-bond acceptors (Lipinski definition) is 3. The first-order valence-corrected chi connectivity index (χ1v) is 9.22. The van der Waals surface area contributed by atoms with E-state index in [4.69, 9.17) is 10.7 Å². The molecule has 3 aliphatic rings. The minimum atomic E-state index is 0.282. The van der Waals surface area contributed by atoms with E-state index in [1.54, 1.807) is 0 Å². The van der Waals surface area contributed by atoms with Crippen LogP contribution in [0.15, 0.2) is 4.99 Å². The molecule has 2 fully saturated rings. The van der Waals surface area contributed by atoms with Crippen LogP contribution in [0.4, 0.5) is 0 Å². The number of guanidine groups is 1. The average Bonchev–Trinajstić information content (AvgIpc) is 2.68. The van der Waals surface area contributed by atoms with Gasteiger partial charge in [-0.25, -0.2) is 0 Å². The van der Waals surface area contributed by atoms with E-state index in [0.29, 0.717) is 6.04 Å². The van der Waals surface area contributed by atoms with E-state index in [-0.39, 0.29) is 5.54 Å². The first-order valence-electron chi connectivity index (χ1n) is 9.22. The fraction of sp³-hybridized carbons (Fsp3) is 0.944. The number of aliphatic imine (C=N–C) groups is 1. The Hall–Kier alpha value is -0.730. The summed E-state index contributed by atoms with van der Waals surface area (Å²) in [5.41, 5.74) is 6.62. The first-order chi connectivity index (χ1) is 10.1. The first kappa shape index (κ1) is 15.2. The van der Waals surface area contributed by atoms with Crippen molar-refractivity contribution >= 4 is 5.96 Å². The van der Waals surface area contributed by atoms with Gasteiger partial charge in [0.1, 0.15) is 0 Å². The van der Waals surface area contributed by atoms with Gasteiger partial charge < -0.3 is 10.6 Å². The van der Waals surface area contributed by atoms with Gasteiger partial charge in [-0.05, 0) is 50.4 Å². The minimum absolute atomic E-state index is 0.282. The third-order valence-corrected chi connectivity index (χ3v) is 6.39. The van der Waals surface area contributed by atoms with E-state index in [0.717, 1.165) is 24.3 Å². The number of nitrogens with two attached hydrogens (primary N) is 1. The Bertz CT molecular complexity index is 372. The van der Waals surface area contributed by atoms with Gasteiger partial charge in [-0.2, -0.15) is 0 Å². The Labute approximate surface area is 130 Å². The summed E-state index contributed by atoms with van der Waals surface area (Å²) in [7, 11) is 0. The summed E-state index contributed by atoms with van der Waals surface area (Å²) >= 11 is 0. The van der Waals surface area contributed by atoms with Gasteiger partial charge in [0.25, 0.3) is 0 Å². The van der Waals surface area contributed by atoms with Gasteiger partial charge in [0.15, 0.2) is 5.96 Å². The third-order valence-electron chi connectivity index (χ3n) is 6.39. The van der Waals surface area contributed by atoms with Crippen molar-refractivity contribution in [2.45, 2.75) is 89.6 Å². The molecule has 0 aromatic carbocycles. The molecular weight excluding hydrogens is 258 g/mol. The Morgan fingerprint density at radius 1 is 1.05 bits per heavy atom. The van der Waals surface area contributed by atoms with E-state index in [9.17, 15) is 0 Å². The molecule has 0 atom stereocenters. The molecule has 0 bridgehead atoms. The summed E-state index contributed by atoms with van der Waals surface area (Å²) in [6, 6.07) is 0.661. The normalized spacial score (nSPS) is 35.3. The molecule has 0 radical (unpaired) electrons. The molecule has 0 aromatic heterocycles. The zero-order valence-electron chi connectivity index (χ0n) is 14.0. The van der Waals surface area contributed by atoms with Crippen molar-refractivity contribution in [2.24, 2.45) is 22.6 Å². The quantitative estimate of drug-likeness (QED) is 0.783. The van der Waals surface area contributed by atoms with E-state index in [2.05, 4.69) is 18.7 Å². The van der Waals surface area contributed by atoms with Crippen LogP contribution in [0.2, 0.25) is 0 Å². The molecule has 1 heterocycles. The molecule has 0 unspecified atom stereocenters. The molecule has 3 rings (SSSR count). The predicted octanol–water partition coefficient (Wildman–Crippen LogP) is 3.92. The fourth-order valence-electron chi connectivity index (χ4n) is 4.96. The van der Waals surface area contributed by atoms with Crippen LogP contribution in [0.1, 0.15) is 78.1 Å². The van der Waals surface area contributed by atoms with Crippen LogP contribution in [0, 0.1) is 11.8 Å². The van der Waals surface area contributed by atoms with Crippen LogP contribution < -0.4 is 5.73 Å². The van der Waals surface area contributed by atoms with Crippen LogP contribution in [0.5, 0.6) is 0 Å². The molecular formula is C18H33N3. The molecule has 1 aliphatic heterocycles. The fourth-order valence-corrected chi connectivity index (χ4v) is 4.96. The Morgan fingerprint density at radius 3 is 2.24 bits per heavy atom. The van der Waals surface area contributed by atoms with Gasteiger partial charge in [0.2, 0.25) is 0 Å². The number of hydrogen-bond donors (Lipinski definition) is 1. The Morgan fingerprint density at radius 2 is 1.67 bits per heavy atom. The molecule has 2 N–H and O–H groups in total. The van der Waals surface area contributed by atoms with Crippen molar-refractivity contribution in [3.8, 4) is 0 Å². The van der Waals surface area contributed by atoms with Gasteiger partial charge in [0.05, 0.1) is 12.1 Å². The van der Waals surface area contributed by atoms with Crippen molar-refractivity contribution in [1.29, 1.82) is 0 Å². The van der Waals surface area contributed by atoms with Crippen LogP contribution in [-0.2, 0) is 0 Å². The SMILES string of the molecule is CC(C)C1CCC2(CC1)CN=C(N)N2C1CCCCCC1. The average molecular weight is 291 g/mol. The topological polar surface area (TPSA) is 41.6 Å². The van der Waals surface area contributed by atoms with Crippen molar-refractivity contribution < 1.29 is 0 Å². The van der Waals surface area contributed by atoms with Crippen molar-refractivity contribution in [3.05, 3.63) is 0 Å².